The molecule has 0 bridgehead atoms. The maximum absolute atomic E-state index is 11.5. The van der Waals surface area contributed by atoms with Crippen molar-refractivity contribution in [2.75, 3.05) is 5.73 Å². The molecule has 7 nitrogen and oxygen atoms in total. The van der Waals surface area contributed by atoms with Gasteiger partial charge in [-0.05, 0) is 0 Å². The van der Waals surface area contributed by atoms with Gasteiger partial charge >= 0.3 is 0 Å². The predicted molar refractivity (Wildman–Crippen MR) is 61.7 cm³/mol. The Labute approximate surface area is 98.0 Å². The Morgan fingerprint density at radius 2 is 2.47 bits per heavy atom. The summed E-state index contributed by atoms with van der Waals surface area (Å²) in [7, 11) is 0. The first kappa shape index (κ1) is 11.2. The van der Waals surface area contributed by atoms with Crippen molar-refractivity contribution in [1.29, 1.82) is 0 Å². The van der Waals surface area contributed by atoms with E-state index in [-0.39, 0.29) is 5.91 Å². The molecule has 90 valence electrons. The summed E-state index contributed by atoms with van der Waals surface area (Å²) < 4.78 is 1.85. The maximum Gasteiger partial charge on any atom is 0.222 e. The van der Waals surface area contributed by atoms with E-state index in [2.05, 4.69) is 20.5 Å². The van der Waals surface area contributed by atoms with Crippen LogP contribution >= 0.6 is 0 Å². The molecule has 0 aliphatic heterocycles. The summed E-state index contributed by atoms with van der Waals surface area (Å²) in [6, 6.07) is 0. The Balaban J connectivity index is 1.73. The van der Waals surface area contributed by atoms with Crippen molar-refractivity contribution in [1.82, 2.24) is 25.1 Å². The van der Waals surface area contributed by atoms with Gasteiger partial charge < -0.3 is 15.6 Å². The highest BCUT2D eigenvalue weighted by Crippen LogP contribution is 2.04. The van der Waals surface area contributed by atoms with E-state index in [0.29, 0.717) is 25.3 Å². The zero-order valence-electron chi connectivity index (χ0n) is 9.26. The number of H-pyrrole nitrogens is 1. The first-order valence-corrected chi connectivity index (χ1v) is 5.26. The van der Waals surface area contributed by atoms with E-state index < -0.39 is 0 Å². The van der Waals surface area contributed by atoms with Gasteiger partial charge in [0.05, 0.1) is 12.5 Å². The van der Waals surface area contributed by atoms with Crippen molar-refractivity contribution in [3.8, 4) is 0 Å². The lowest BCUT2D eigenvalue weighted by atomic mass is 10.3. The molecule has 0 saturated heterocycles. The number of aromatic nitrogens is 4. The van der Waals surface area contributed by atoms with Gasteiger partial charge in [-0.1, -0.05) is 0 Å². The summed E-state index contributed by atoms with van der Waals surface area (Å²) in [5.41, 5.74) is 6.39. The number of nitrogens with one attached hydrogen (secondary N) is 2. The molecule has 0 radical (unpaired) electrons. The van der Waals surface area contributed by atoms with E-state index in [1.807, 2.05) is 10.8 Å². The molecule has 2 aromatic rings. The third kappa shape index (κ3) is 3.07. The number of carbonyl (C=O) groups excluding carboxylic acids is 1. The topological polar surface area (TPSA) is 102 Å². The van der Waals surface area contributed by atoms with Crippen molar-refractivity contribution in [2.45, 2.75) is 19.5 Å². The summed E-state index contributed by atoms with van der Waals surface area (Å²) in [5, 5.41) is 9.16. The Morgan fingerprint density at radius 1 is 1.59 bits per heavy atom. The van der Waals surface area contributed by atoms with E-state index >= 15 is 0 Å². The van der Waals surface area contributed by atoms with Crippen molar-refractivity contribution in [3.63, 3.8) is 0 Å². The number of nitrogens with zero attached hydrogens (tertiary/aromatic N) is 3. The van der Waals surface area contributed by atoms with Crippen LogP contribution < -0.4 is 11.1 Å². The third-order valence-electron chi connectivity index (χ3n) is 2.38. The van der Waals surface area contributed by atoms with E-state index in [4.69, 9.17) is 5.73 Å². The standard InChI is InChI=1S/C10H14N6O/c11-10-8(6-14-15-10)5-13-9(17)1-3-16-4-2-12-7-16/h2,4,6-7H,1,3,5H2,(H,13,17)(H3,11,14,15). The van der Waals surface area contributed by atoms with Gasteiger partial charge in [0.1, 0.15) is 5.82 Å². The van der Waals surface area contributed by atoms with Crippen LogP contribution in [-0.2, 0) is 17.9 Å². The molecule has 2 rings (SSSR count). The van der Waals surface area contributed by atoms with Crippen molar-refractivity contribution in [2.24, 2.45) is 0 Å². The van der Waals surface area contributed by atoms with Crippen LogP contribution in [0.25, 0.3) is 0 Å². The lowest BCUT2D eigenvalue weighted by molar-refractivity contribution is -0.121. The van der Waals surface area contributed by atoms with E-state index in [9.17, 15) is 4.79 Å². The predicted octanol–water partition coefficient (Wildman–Crippen LogP) is -0.105. The van der Waals surface area contributed by atoms with Crippen LogP contribution in [0.3, 0.4) is 0 Å². The second kappa shape index (κ2) is 5.15. The lowest BCUT2D eigenvalue weighted by Gasteiger charge is -2.04. The number of nitrogens with two attached hydrogens (primary N) is 1. The minimum atomic E-state index is -0.0284. The van der Waals surface area contributed by atoms with Crippen LogP contribution in [-0.4, -0.2) is 25.7 Å². The number of nitrogen functional groups attached to an aromatic ring is 1. The number of rotatable bonds is 5. The normalized spacial score (nSPS) is 10.4. The summed E-state index contributed by atoms with van der Waals surface area (Å²) >= 11 is 0. The second-order valence-electron chi connectivity index (χ2n) is 3.64. The van der Waals surface area contributed by atoms with Gasteiger partial charge in [0.25, 0.3) is 0 Å². The number of hydrogen-bond donors (Lipinski definition) is 3. The molecule has 0 aliphatic rings. The van der Waals surface area contributed by atoms with Gasteiger partial charge in [-0.15, -0.1) is 0 Å². The average Bonchev–Trinajstić information content (AvgIpc) is 2.95. The van der Waals surface area contributed by atoms with Crippen LogP contribution in [0.15, 0.2) is 24.9 Å². The Morgan fingerprint density at radius 3 is 3.12 bits per heavy atom. The molecule has 1 amide bonds. The molecular weight excluding hydrogens is 220 g/mol. The van der Waals surface area contributed by atoms with Crippen LogP contribution in [0.1, 0.15) is 12.0 Å². The molecule has 0 fully saturated rings. The van der Waals surface area contributed by atoms with Crippen LogP contribution in [0.2, 0.25) is 0 Å². The van der Waals surface area contributed by atoms with Gasteiger partial charge in [-0.2, -0.15) is 5.10 Å². The number of carbonyl (C=O) groups is 1. The average molecular weight is 234 g/mol. The fourth-order valence-corrected chi connectivity index (χ4v) is 1.39. The Kier molecular flexibility index (Phi) is 3.39. The molecular formula is C10H14N6O. The van der Waals surface area contributed by atoms with E-state index in [1.54, 1.807) is 18.7 Å². The quantitative estimate of drug-likeness (QED) is 0.672. The van der Waals surface area contributed by atoms with Crippen LogP contribution in [0.4, 0.5) is 5.82 Å². The molecule has 0 aliphatic carbocycles. The van der Waals surface area contributed by atoms with Crippen molar-refractivity contribution in [3.05, 3.63) is 30.5 Å². The summed E-state index contributed by atoms with van der Waals surface area (Å²) in [6.07, 6.45) is 7.20. The number of amides is 1. The molecule has 4 N–H and O–H groups in total. The Hall–Kier alpha value is -2.31. The highest BCUT2D eigenvalue weighted by molar-refractivity contribution is 5.75. The number of imidazole rings is 1. The SMILES string of the molecule is Nc1[nH]ncc1CNC(=O)CCn1ccnc1. The van der Waals surface area contributed by atoms with Gasteiger partial charge in [-0.3, -0.25) is 9.89 Å². The molecule has 0 saturated carbocycles. The van der Waals surface area contributed by atoms with E-state index in [1.165, 1.54) is 0 Å². The minimum absolute atomic E-state index is 0.0284. The van der Waals surface area contributed by atoms with Gasteiger partial charge in [0.15, 0.2) is 0 Å². The van der Waals surface area contributed by atoms with Gasteiger partial charge in [-0.25, -0.2) is 4.98 Å². The number of anilines is 1. The zero-order valence-corrected chi connectivity index (χ0v) is 9.26. The second-order valence-corrected chi connectivity index (χ2v) is 3.64. The molecule has 7 heteroatoms. The molecule has 0 aromatic carbocycles. The molecule has 2 aromatic heterocycles. The summed E-state index contributed by atoms with van der Waals surface area (Å²) in [5.74, 6) is 0.458. The number of aryl methyl sites for hydroxylation is 1. The highest BCUT2D eigenvalue weighted by Gasteiger charge is 2.04. The summed E-state index contributed by atoms with van der Waals surface area (Å²) in [6.45, 7) is 1.01. The van der Waals surface area contributed by atoms with Crippen LogP contribution in [0, 0.1) is 0 Å². The van der Waals surface area contributed by atoms with Crippen molar-refractivity contribution >= 4 is 11.7 Å². The zero-order chi connectivity index (χ0) is 12.1. The number of hydrogen-bond acceptors (Lipinski definition) is 4. The fraction of sp³-hybridized carbons (Fsp3) is 0.300. The first-order valence-electron chi connectivity index (χ1n) is 5.26. The highest BCUT2D eigenvalue weighted by atomic mass is 16.1. The minimum Gasteiger partial charge on any atom is -0.384 e. The number of aromatic amines is 1. The molecule has 17 heavy (non-hydrogen) atoms. The lowest BCUT2D eigenvalue weighted by Crippen LogP contribution is -2.24. The first-order chi connectivity index (χ1) is 8.25. The molecule has 0 unspecified atom stereocenters. The van der Waals surface area contributed by atoms with Crippen molar-refractivity contribution < 1.29 is 4.79 Å². The maximum atomic E-state index is 11.5. The van der Waals surface area contributed by atoms with Crippen LogP contribution in [0.5, 0.6) is 0 Å². The molecule has 0 spiro atoms. The monoisotopic (exact) mass is 234 g/mol. The smallest absolute Gasteiger partial charge is 0.222 e. The van der Waals surface area contributed by atoms with Gasteiger partial charge in [0.2, 0.25) is 5.91 Å². The molecule has 2 heterocycles. The summed E-state index contributed by atoms with van der Waals surface area (Å²) in [4.78, 5) is 15.4. The molecule has 0 atom stereocenters. The van der Waals surface area contributed by atoms with Gasteiger partial charge in [0, 0.05) is 37.5 Å². The fourth-order valence-electron chi connectivity index (χ4n) is 1.39. The Bertz CT molecular complexity index is 475. The largest absolute Gasteiger partial charge is 0.384 e. The van der Waals surface area contributed by atoms with E-state index in [0.717, 1.165) is 5.56 Å². The third-order valence-corrected chi connectivity index (χ3v) is 2.38.